The fourth-order valence-corrected chi connectivity index (χ4v) is 5.50. The molecular formula is C19H20ClN5O5S2. The number of nitriles is 1. The fraction of sp³-hybridized carbons (Fsp3) is 0.368. The molecule has 2 N–H and O–H groups in total. The van der Waals surface area contributed by atoms with E-state index in [0.29, 0.717) is 28.9 Å². The van der Waals surface area contributed by atoms with E-state index in [9.17, 15) is 23.3 Å². The predicted octanol–water partition coefficient (Wildman–Crippen LogP) is 2.28. The van der Waals surface area contributed by atoms with Crippen molar-refractivity contribution in [2.45, 2.75) is 18.1 Å². The average molecular weight is 498 g/mol. The molecule has 1 aliphatic rings. The van der Waals surface area contributed by atoms with Crippen molar-refractivity contribution in [2.24, 2.45) is 5.92 Å². The summed E-state index contributed by atoms with van der Waals surface area (Å²) in [6, 6.07) is 5.44. The molecule has 1 saturated heterocycles. The number of aromatic nitrogens is 1. The largest absolute Gasteiger partial charge is 0.462 e. The van der Waals surface area contributed by atoms with Gasteiger partial charge in [-0.3, -0.25) is 0 Å². The second kappa shape index (κ2) is 9.72. The van der Waals surface area contributed by atoms with Crippen LogP contribution in [0.2, 0.25) is 4.34 Å². The van der Waals surface area contributed by atoms with E-state index < -0.39 is 22.0 Å². The zero-order chi connectivity index (χ0) is 23.5. The number of urea groups is 1. The van der Waals surface area contributed by atoms with Crippen LogP contribution >= 0.6 is 22.9 Å². The third-order valence-corrected chi connectivity index (χ3v) is 7.71. The van der Waals surface area contributed by atoms with Gasteiger partial charge in [0.25, 0.3) is 10.0 Å². The number of carbonyl (C=O) groups excluding carboxylic acids is 2. The summed E-state index contributed by atoms with van der Waals surface area (Å²) >= 11 is 6.59. The number of halogens is 1. The van der Waals surface area contributed by atoms with Gasteiger partial charge in [-0.2, -0.15) is 5.26 Å². The Morgan fingerprint density at radius 1 is 1.41 bits per heavy atom. The number of anilines is 1. The number of ether oxygens (including phenoxy) is 1. The van der Waals surface area contributed by atoms with Crippen molar-refractivity contribution in [3.05, 3.63) is 39.4 Å². The number of rotatable bonds is 7. The molecule has 13 heteroatoms. The summed E-state index contributed by atoms with van der Waals surface area (Å²) in [4.78, 5) is 30.3. The molecule has 0 aromatic carbocycles. The molecule has 3 heterocycles. The molecular weight excluding hydrogens is 478 g/mol. The average Bonchev–Trinajstić information content (AvgIpc) is 3.14. The number of pyridine rings is 1. The molecule has 32 heavy (non-hydrogen) atoms. The number of esters is 1. The van der Waals surface area contributed by atoms with Gasteiger partial charge in [0.2, 0.25) is 0 Å². The van der Waals surface area contributed by atoms with Gasteiger partial charge in [0.1, 0.15) is 16.1 Å². The van der Waals surface area contributed by atoms with Crippen LogP contribution in [-0.2, 0) is 14.8 Å². The molecule has 0 atom stereocenters. The smallest absolute Gasteiger partial charge is 0.340 e. The van der Waals surface area contributed by atoms with Gasteiger partial charge < -0.3 is 15.0 Å². The van der Waals surface area contributed by atoms with E-state index in [1.54, 1.807) is 13.8 Å². The minimum atomic E-state index is -3.98. The van der Waals surface area contributed by atoms with E-state index in [2.05, 4.69) is 16.4 Å². The van der Waals surface area contributed by atoms with Crippen molar-refractivity contribution in [2.75, 3.05) is 31.1 Å². The van der Waals surface area contributed by atoms with Gasteiger partial charge in [0, 0.05) is 25.6 Å². The number of sulfonamides is 1. The van der Waals surface area contributed by atoms with Crippen LogP contribution in [0.15, 0.2) is 22.4 Å². The van der Waals surface area contributed by atoms with Gasteiger partial charge in [-0.1, -0.05) is 11.6 Å². The van der Waals surface area contributed by atoms with Crippen LogP contribution in [-0.4, -0.2) is 51.6 Å². The first-order chi connectivity index (χ1) is 15.1. The van der Waals surface area contributed by atoms with Gasteiger partial charge in [-0.05, 0) is 32.0 Å². The minimum Gasteiger partial charge on any atom is -0.462 e. The molecule has 0 saturated carbocycles. The maximum absolute atomic E-state index is 12.1. The maximum Gasteiger partial charge on any atom is 0.340 e. The molecule has 0 bridgehead atoms. The van der Waals surface area contributed by atoms with Crippen molar-refractivity contribution < 1.29 is 22.7 Å². The second-order valence-corrected chi connectivity index (χ2v) is 10.6. The van der Waals surface area contributed by atoms with Gasteiger partial charge in [0.05, 0.1) is 27.8 Å². The quantitative estimate of drug-likeness (QED) is 0.555. The number of hydrogen-bond donors (Lipinski definition) is 2. The number of hydrogen-bond acceptors (Lipinski definition) is 9. The summed E-state index contributed by atoms with van der Waals surface area (Å²) in [6.07, 6.45) is 0. The molecule has 1 aliphatic heterocycles. The first kappa shape index (κ1) is 23.8. The molecule has 3 rings (SSSR count). The summed E-state index contributed by atoms with van der Waals surface area (Å²) < 4.78 is 31.5. The zero-order valence-corrected chi connectivity index (χ0v) is 19.6. The van der Waals surface area contributed by atoms with E-state index >= 15 is 0 Å². The van der Waals surface area contributed by atoms with Crippen molar-refractivity contribution in [3.63, 3.8) is 0 Å². The van der Waals surface area contributed by atoms with Crippen molar-refractivity contribution in [3.8, 4) is 6.07 Å². The van der Waals surface area contributed by atoms with Crippen LogP contribution in [0.4, 0.5) is 10.6 Å². The molecule has 0 aliphatic carbocycles. The monoisotopic (exact) mass is 497 g/mol. The van der Waals surface area contributed by atoms with E-state index in [1.165, 1.54) is 18.2 Å². The fourth-order valence-electron chi connectivity index (χ4n) is 3.09. The Labute approximate surface area is 194 Å². The summed E-state index contributed by atoms with van der Waals surface area (Å²) in [5, 5.41) is 12.0. The lowest BCUT2D eigenvalue weighted by Gasteiger charge is -2.40. The van der Waals surface area contributed by atoms with Crippen molar-refractivity contribution in [1.82, 2.24) is 15.0 Å². The van der Waals surface area contributed by atoms with Gasteiger partial charge in [-0.15, -0.1) is 11.3 Å². The van der Waals surface area contributed by atoms with Crippen LogP contribution in [0.1, 0.15) is 28.5 Å². The predicted molar refractivity (Wildman–Crippen MR) is 118 cm³/mol. The molecule has 10 nitrogen and oxygen atoms in total. The molecule has 170 valence electrons. The first-order valence-corrected chi connectivity index (χ1v) is 12.2. The van der Waals surface area contributed by atoms with Crippen LogP contribution in [0, 0.1) is 24.2 Å². The molecule has 2 aromatic rings. The summed E-state index contributed by atoms with van der Waals surface area (Å²) in [5.74, 6) is -0.0362. The van der Waals surface area contributed by atoms with E-state index in [1.807, 2.05) is 9.62 Å². The van der Waals surface area contributed by atoms with Crippen LogP contribution in [0.25, 0.3) is 0 Å². The van der Waals surface area contributed by atoms with Gasteiger partial charge >= 0.3 is 12.0 Å². The molecule has 2 amide bonds. The normalized spacial score (nSPS) is 13.8. The molecule has 1 fully saturated rings. The molecule has 2 aromatic heterocycles. The Morgan fingerprint density at radius 3 is 2.72 bits per heavy atom. The summed E-state index contributed by atoms with van der Waals surface area (Å²) in [7, 11) is -3.98. The lowest BCUT2D eigenvalue weighted by Crippen LogP contribution is -2.53. The highest BCUT2D eigenvalue weighted by atomic mass is 35.5. The van der Waals surface area contributed by atoms with E-state index in [4.69, 9.17) is 16.3 Å². The first-order valence-electron chi connectivity index (χ1n) is 9.54. The number of amides is 2. The zero-order valence-electron chi connectivity index (χ0n) is 17.2. The van der Waals surface area contributed by atoms with E-state index in [-0.39, 0.29) is 34.4 Å². The third kappa shape index (κ3) is 5.29. The van der Waals surface area contributed by atoms with Crippen molar-refractivity contribution >= 4 is 50.8 Å². The van der Waals surface area contributed by atoms with Gasteiger partial charge in [0.15, 0.2) is 0 Å². The Balaban J connectivity index is 1.55. The molecule has 0 radical (unpaired) electrons. The maximum atomic E-state index is 12.1. The number of thiophene rings is 1. The number of aryl methyl sites for hydroxylation is 1. The highest BCUT2D eigenvalue weighted by Crippen LogP contribution is 2.28. The second-order valence-electron chi connectivity index (χ2n) is 6.97. The number of carbonyl (C=O) groups is 2. The standard InChI is InChI=1S/C19H20ClN5O5S2/c1-3-30-18(26)14-6-13(7-21)17(23-11(14)2)25-9-12(10-25)8-22-19(27)24-32(28,29)16-5-4-15(20)31-16/h4-6,12H,3,8-10H2,1-2H3,(H2,22,24,27). The van der Waals surface area contributed by atoms with Crippen molar-refractivity contribution in [1.29, 1.82) is 5.26 Å². The Morgan fingerprint density at radius 2 is 2.12 bits per heavy atom. The number of nitrogens with one attached hydrogen (secondary N) is 2. The topological polar surface area (TPSA) is 141 Å². The Bertz CT molecular complexity index is 1190. The summed E-state index contributed by atoms with van der Waals surface area (Å²) in [6.45, 7) is 4.84. The highest BCUT2D eigenvalue weighted by molar-refractivity contribution is 7.92. The lowest BCUT2D eigenvalue weighted by molar-refractivity contribution is 0.0525. The van der Waals surface area contributed by atoms with E-state index in [0.717, 1.165) is 11.3 Å². The molecule has 0 unspecified atom stereocenters. The SMILES string of the molecule is CCOC(=O)c1cc(C#N)c(N2CC(CNC(=O)NS(=O)(=O)c3ccc(Cl)s3)C2)nc1C. The third-order valence-electron chi connectivity index (χ3n) is 4.66. The van der Waals surface area contributed by atoms with Crippen LogP contribution < -0.4 is 14.9 Å². The van der Waals surface area contributed by atoms with Crippen LogP contribution in [0.5, 0.6) is 0 Å². The lowest BCUT2D eigenvalue weighted by atomic mass is 9.99. The van der Waals surface area contributed by atoms with Gasteiger partial charge in [-0.25, -0.2) is 27.7 Å². The Hall–Kier alpha value is -2.88. The highest BCUT2D eigenvalue weighted by Gasteiger charge is 2.31. The number of nitrogens with zero attached hydrogens (tertiary/aromatic N) is 3. The molecule has 0 spiro atoms. The summed E-state index contributed by atoms with van der Waals surface area (Å²) in [5.41, 5.74) is 0.955. The minimum absolute atomic E-state index is 0.0398. The Kier molecular flexibility index (Phi) is 7.22. The van der Waals surface area contributed by atoms with Crippen LogP contribution in [0.3, 0.4) is 0 Å².